The van der Waals surface area contributed by atoms with E-state index >= 15 is 0 Å². The lowest BCUT2D eigenvalue weighted by Gasteiger charge is -2.07. The van der Waals surface area contributed by atoms with Gasteiger partial charge in [0.2, 0.25) is 5.91 Å². The zero-order valence-electron chi connectivity index (χ0n) is 9.79. The van der Waals surface area contributed by atoms with Gasteiger partial charge in [0, 0.05) is 15.7 Å². The number of amides is 1. The van der Waals surface area contributed by atoms with Crippen LogP contribution in [0.15, 0.2) is 46.9 Å². The molecule has 2 aromatic rings. The van der Waals surface area contributed by atoms with Crippen LogP contribution < -0.4 is 5.32 Å². The third-order valence-electron chi connectivity index (χ3n) is 2.51. The summed E-state index contributed by atoms with van der Waals surface area (Å²) in [6.07, 6.45) is -0.342. The maximum Gasteiger partial charge on any atom is 0.229 e. The Bertz CT molecular complexity index is 596. The summed E-state index contributed by atoms with van der Waals surface area (Å²) >= 11 is 3.27. The Hall–Kier alpha value is -1.75. The zero-order valence-corrected chi connectivity index (χ0v) is 11.4. The smallest absolute Gasteiger partial charge is 0.229 e. The van der Waals surface area contributed by atoms with Crippen LogP contribution in [-0.4, -0.2) is 5.91 Å². The van der Waals surface area contributed by atoms with E-state index in [4.69, 9.17) is 0 Å². The van der Waals surface area contributed by atoms with Gasteiger partial charge in [-0.2, -0.15) is 0 Å². The maximum atomic E-state index is 13.4. The van der Waals surface area contributed by atoms with Crippen LogP contribution in [0.5, 0.6) is 0 Å². The van der Waals surface area contributed by atoms with E-state index in [2.05, 4.69) is 21.2 Å². The first-order valence-corrected chi connectivity index (χ1v) is 6.34. The molecule has 0 fully saturated rings. The van der Waals surface area contributed by atoms with Gasteiger partial charge in [0.25, 0.3) is 0 Å². The molecule has 0 aliphatic carbocycles. The molecule has 0 saturated carbocycles. The highest BCUT2D eigenvalue weighted by atomic mass is 79.9. The monoisotopic (exact) mass is 325 g/mol. The quantitative estimate of drug-likeness (QED) is 0.910. The second-order valence-electron chi connectivity index (χ2n) is 3.94. The summed E-state index contributed by atoms with van der Waals surface area (Å²) in [5.41, 5.74) is 0.339. The van der Waals surface area contributed by atoms with Crippen LogP contribution in [0.4, 0.5) is 14.5 Å². The lowest BCUT2D eigenvalue weighted by molar-refractivity contribution is -0.115. The van der Waals surface area contributed by atoms with Gasteiger partial charge >= 0.3 is 0 Å². The lowest BCUT2D eigenvalue weighted by atomic mass is 10.1. The Morgan fingerprint density at radius 1 is 1.11 bits per heavy atom. The van der Waals surface area contributed by atoms with Crippen LogP contribution in [0.3, 0.4) is 0 Å². The molecule has 0 saturated heterocycles. The van der Waals surface area contributed by atoms with Crippen molar-refractivity contribution in [2.24, 2.45) is 0 Å². The summed E-state index contributed by atoms with van der Waals surface area (Å²) < 4.78 is 27.6. The number of nitrogens with one attached hydrogen (secondary N) is 1. The van der Waals surface area contributed by atoms with Crippen molar-refractivity contribution >= 4 is 27.5 Å². The molecule has 5 heteroatoms. The topological polar surface area (TPSA) is 29.1 Å². The molecule has 2 rings (SSSR count). The van der Waals surface area contributed by atoms with E-state index in [1.54, 1.807) is 18.2 Å². The second-order valence-corrected chi connectivity index (χ2v) is 4.85. The number of rotatable bonds is 3. The number of hydrogen-bond donors (Lipinski definition) is 1. The van der Waals surface area contributed by atoms with Gasteiger partial charge in [-0.3, -0.25) is 4.79 Å². The van der Waals surface area contributed by atoms with Crippen molar-refractivity contribution in [1.82, 2.24) is 0 Å². The summed E-state index contributed by atoms with van der Waals surface area (Å²) in [4.78, 5) is 11.7. The van der Waals surface area contributed by atoms with Crippen LogP contribution in [-0.2, 0) is 11.2 Å². The highest BCUT2D eigenvalue weighted by Gasteiger charge is 2.13. The van der Waals surface area contributed by atoms with Crippen molar-refractivity contribution in [2.45, 2.75) is 6.42 Å². The Morgan fingerprint density at radius 3 is 2.37 bits per heavy atom. The molecule has 2 nitrogen and oxygen atoms in total. The average Bonchev–Trinajstić information content (AvgIpc) is 2.34. The lowest BCUT2D eigenvalue weighted by Crippen LogP contribution is -2.16. The van der Waals surface area contributed by atoms with E-state index in [1.807, 2.05) is 6.07 Å². The standard InChI is InChI=1S/C14H10BrF2NO/c15-9-3-1-4-10(7-9)18-14(19)8-11-12(16)5-2-6-13(11)17/h1-7H,8H2,(H,18,19). The van der Waals surface area contributed by atoms with E-state index in [0.29, 0.717) is 5.69 Å². The molecule has 0 spiro atoms. The van der Waals surface area contributed by atoms with Crippen LogP contribution in [0, 0.1) is 11.6 Å². The van der Waals surface area contributed by atoms with Crippen molar-refractivity contribution in [3.63, 3.8) is 0 Å². The average molecular weight is 326 g/mol. The third-order valence-corrected chi connectivity index (χ3v) is 3.00. The van der Waals surface area contributed by atoms with Gasteiger partial charge < -0.3 is 5.32 Å². The highest BCUT2D eigenvalue weighted by molar-refractivity contribution is 9.10. The summed E-state index contributed by atoms with van der Waals surface area (Å²) in [5.74, 6) is -1.91. The van der Waals surface area contributed by atoms with Gasteiger partial charge in [-0.25, -0.2) is 8.78 Å². The van der Waals surface area contributed by atoms with Crippen molar-refractivity contribution in [3.05, 3.63) is 64.1 Å². The Labute approximate surface area is 117 Å². The van der Waals surface area contributed by atoms with E-state index < -0.39 is 17.5 Å². The SMILES string of the molecule is O=C(Cc1c(F)cccc1F)Nc1cccc(Br)c1. The summed E-state index contributed by atoms with van der Waals surface area (Å²) in [7, 11) is 0. The summed E-state index contributed by atoms with van der Waals surface area (Å²) in [6.45, 7) is 0. The van der Waals surface area contributed by atoms with Gasteiger partial charge in [0.1, 0.15) is 11.6 Å². The fraction of sp³-hybridized carbons (Fsp3) is 0.0714. The van der Waals surface area contributed by atoms with E-state index in [9.17, 15) is 13.6 Å². The molecule has 2 aromatic carbocycles. The van der Waals surface area contributed by atoms with Crippen LogP contribution in [0.1, 0.15) is 5.56 Å². The van der Waals surface area contributed by atoms with Crippen molar-refractivity contribution in [1.29, 1.82) is 0 Å². The first-order valence-electron chi connectivity index (χ1n) is 5.54. The predicted octanol–water partition coefficient (Wildman–Crippen LogP) is 3.91. The normalized spacial score (nSPS) is 10.3. The largest absolute Gasteiger partial charge is 0.326 e. The maximum absolute atomic E-state index is 13.4. The minimum Gasteiger partial charge on any atom is -0.326 e. The van der Waals surface area contributed by atoms with E-state index in [1.165, 1.54) is 6.07 Å². The summed E-state index contributed by atoms with van der Waals surface area (Å²) in [6, 6.07) is 10.5. The number of halogens is 3. The van der Waals surface area contributed by atoms with Gasteiger partial charge in [0.05, 0.1) is 6.42 Å². The molecule has 0 unspecified atom stereocenters. The van der Waals surface area contributed by atoms with Gasteiger partial charge in [-0.15, -0.1) is 0 Å². The molecule has 1 N–H and O–H groups in total. The molecule has 0 bridgehead atoms. The van der Waals surface area contributed by atoms with Gasteiger partial charge in [-0.05, 0) is 30.3 Å². The highest BCUT2D eigenvalue weighted by Crippen LogP contribution is 2.17. The van der Waals surface area contributed by atoms with E-state index in [0.717, 1.165) is 16.6 Å². The number of hydrogen-bond acceptors (Lipinski definition) is 1. The predicted molar refractivity (Wildman–Crippen MR) is 72.8 cm³/mol. The third kappa shape index (κ3) is 3.61. The molecule has 0 radical (unpaired) electrons. The fourth-order valence-electron chi connectivity index (χ4n) is 1.63. The molecule has 0 aliphatic heterocycles. The Balaban J connectivity index is 2.10. The Kier molecular flexibility index (Phi) is 4.27. The Morgan fingerprint density at radius 2 is 1.74 bits per heavy atom. The van der Waals surface area contributed by atoms with Gasteiger partial charge in [-0.1, -0.05) is 28.1 Å². The molecular formula is C14H10BrF2NO. The number of carbonyl (C=O) groups excluding carboxylic acids is 1. The zero-order chi connectivity index (χ0) is 13.8. The summed E-state index contributed by atoms with van der Waals surface area (Å²) in [5, 5.41) is 2.58. The molecular weight excluding hydrogens is 316 g/mol. The molecule has 98 valence electrons. The number of anilines is 1. The molecule has 0 aromatic heterocycles. The van der Waals surface area contributed by atoms with Crippen LogP contribution in [0.2, 0.25) is 0 Å². The molecule has 1 amide bonds. The van der Waals surface area contributed by atoms with Crippen LogP contribution in [0.25, 0.3) is 0 Å². The molecule has 19 heavy (non-hydrogen) atoms. The number of carbonyl (C=O) groups is 1. The first-order chi connectivity index (χ1) is 9.06. The first kappa shape index (κ1) is 13.7. The number of benzene rings is 2. The van der Waals surface area contributed by atoms with Crippen molar-refractivity contribution in [2.75, 3.05) is 5.32 Å². The minimum atomic E-state index is -0.718. The molecule has 0 atom stereocenters. The van der Waals surface area contributed by atoms with Crippen LogP contribution >= 0.6 is 15.9 Å². The van der Waals surface area contributed by atoms with Gasteiger partial charge in [0.15, 0.2) is 0 Å². The van der Waals surface area contributed by atoms with Crippen molar-refractivity contribution < 1.29 is 13.6 Å². The van der Waals surface area contributed by atoms with E-state index in [-0.39, 0.29) is 12.0 Å². The second kappa shape index (κ2) is 5.93. The minimum absolute atomic E-state index is 0.227. The fourth-order valence-corrected chi connectivity index (χ4v) is 2.03. The van der Waals surface area contributed by atoms with Crippen molar-refractivity contribution in [3.8, 4) is 0 Å². The molecule has 0 aliphatic rings. The molecule has 0 heterocycles.